The molecule has 6 unspecified atom stereocenters. The van der Waals surface area contributed by atoms with Gasteiger partial charge < -0.3 is 37.0 Å². The Morgan fingerprint density at radius 3 is 1.76 bits per heavy atom. The van der Waals surface area contributed by atoms with Gasteiger partial charge in [-0.05, 0) is 26.2 Å². The van der Waals surface area contributed by atoms with Gasteiger partial charge in [-0.15, -0.1) is 0 Å². The lowest BCUT2D eigenvalue weighted by Gasteiger charge is -2.26. The third-order valence-corrected chi connectivity index (χ3v) is 4.39. The zero-order chi connectivity index (χ0) is 22.9. The number of amides is 3. The molecule has 0 aliphatic carbocycles. The number of nitrogens with two attached hydrogens (primary N) is 1. The Labute approximate surface area is 175 Å². The Kier molecular flexibility index (Phi) is 11.8. The molecule has 0 rings (SSSR count). The van der Waals surface area contributed by atoms with E-state index in [-0.39, 0.29) is 18.1 Å². The largest absolute Gasteiger partial charge is 0.480 e. The van der Waals surface area contributed by atoms with E-state index in [0.29, 0.717) is 0 Å². The standard InChI is InChI=1S/C17H32N4O7S/c1-7(2)5-10(17(27)28)19-16(26)13(9(4)23)21-14(24)11(6-29)20-15(25)12(18)8(3)22/h7-13,22-23,29H,5-6,18H2,1-4H3,(H,19,26)(H,20,25)(H,21,24)(H,27,28). The minimum atomic E-state index is -1.46. The summed E-state index contributed by atoms with van der Waals surface area (Å²) in [5.74, 6) is -3.92. The summed E-state index contributed by atoms with van der Waals surface area (Å²) in [5.41, 5.74) is 5.51. The molecule has 0 aliphatic heterocycles. The molecule has 8 N–H and O–H groups in total. The molecule has 0 spiro atoms. The molecule has 0 radical (unpaired) electrons. The molecule has 6 atom stereocenters. The van der Waals surface area contributed by atoms with Crippen LogP contribution < -0.4 is 21.7 Å². The second kappa shape index (κ2) is 12.6. The molecule has 168 valence electrons. The van der Waals surface area contributed by atoms with Crippen molar-refractivity contribution in [3.63, 3.8) is 0 Å². The molecule has 0 aromatic carbocycles. The van der Waals surface area contributed by atoms with Crippen LogP contribution in [0.5, 0.6) is 0 Å². The fourth-order valence-electron chi connectivity index (χ4n) is 2.29. The Bertz CT molecular complexity index is 586. The Hall–Kier alpha value is -1.89. The van der Waals surface area contributed by atoms with Crippen LogP contribution in [0.25, 0.3) is 0 Å². The van der Waals surface area contributed by atoms with Crippen LogP contribution in [0.3, 0.4) is 0 Å². The minimum absolute atomic E-state index is 0.0158. The molecule has 0 aromatic rings. The van der Waals surface area contributed by atoms with Crippen LogP contribution in [0.1, 0.15) is 34.1 Å². The number of aliphatic hydroxyl groups excluding tert-OH is 2. The first-order valence-electron chi connectivity index (χ1n) is 9.18. The lowest BCUT2D eigenvalue weighted by atomic mass is 10.0. The van der Waals surface area contributed by atoms with Crippen molar-refractivity contribution < 1.29 is 34.5 Å². The molecular formula is C17H32N4O7S. The lowest BCUT2D eigenvalue weighted by molar-refractivity contribution is -0.143. The normalized spacial score (nSPS) is 17.4. The topological polar surface area (TPSA) is 191 Å². The molecule has 3 amide bonds. The number of carbonyl (C=O) groups is 4. The van der Waals surface area contributed by atoms with E-state index in [2.05, 4.69) is 28.6 Å². The molecule has 12 heteroatoms. The smallest absolute Gasteiger partial charge is 0.326 e. The molecule has 0 fully saturated rings. The number of carboxylic acid groups (broad SMARTS) is 1. The van der Waals surface area contributed by atoms with E-state index in [1.165, 1.54) is 13.8 Å². The summed E-state index contributed by atoms with van der Waals surface area (Å²) in [6.45, 7) is 6.13. The molecule has 0 heterocycles. The maximum atomic E-state index is 12.4. The third kappa shape index (κ3) is 9.43. The average molecular weight is 437 g/mol. The Morgan fingerprint density at radius 2 is 1.38 bits per heavy atom. The predicted molar refractivity (Wildman–Crippen MR) is 108 cm³/mol. The SMILES string of the molecule is CC(C)CC(NC(=O)C(NC(=O)C(CS)NC(=O)C(N)C(C)O)C(C)O)C(=O)O. The summed E-state index contributed by atoms with van der Waals surface area (Å²) in [6, 6.07) is -5.12. The fourth-order valence-corrected chi connectivity index (χ4v) is 2.55. The van der Waals surface area contributed by atoms with E-state index in [1.807, 2.05) is 0 Å². The summed E-state index contributed by atoms with van der Waals surface area (Å²) in [5, 5.41) is 35.3. The first-order valence-corrected chi connectivity index (χ1v) is 9.81. The van der Waals surface area contributed by atoms with Crippen molar-refractivity contribution >= 4 is 36.3 Å². The molecule has 0 saturated carbocycles. The number of aliphatic carboxylic acids is 1. The molecule has 0 aromatic heterocycles. The zero-order valence-corrected chi connectivity index (χ0v) is 17.8. The van der Waals surface area contributed by atoms with Gasteiger partial charge in [0.2, 0.25) is 17.7 Å². The number of rotatable bonds is 12. The van der Waals surface area contributed by atoms with Crippen LogP contribution in [0, 0.1) is 5.92 Å². The van der Waals surface area contributed by atoms with Gasteiger partial charge in [-0.1, -0.05) is 13.8 Å². The molecule has 29 heavy (non-hydrogen) atoms. The van der Waals surface area contributed by atoms with Gasteiger partial charge in [-0.2, -0.15) is 12.6 Å². The molecule has 0 saturated heterocycles. The van der Waals surface area contributed by atoms with E-state index < -0.39 is 60.1 Å². The first-order chi connectivity index (χ1) is 13.3. The van der Waals surface area contributed by atoms with Gasteiger partial charge in [0, 0.05) is 5.75 Å². The summed E-state index contributed by atoms with van der Waals surface area (Å²) >= 11 is 3.98. The van der Waals surface area contributed by atoms with Crippen LogP contribution in [0.15, 0.2) is 0 Å². The number of nitrogens with one attached hydrogen (secondary N) is 3. The van der Waals surface area contributed by atoms with Gasteiger partial charge in [0.1, 0.15) is 24.2 Å². The van der Waals surface area contributed by atoms with Crippen molar-refractivity contribution in [2.45, 2.75) is 70.5 Å². The van der Waals surface area contributed by atoms with E-state index in [0.717, 1.165) is 0 Å². The monoisotopic (exact) mass is 436 g/mol. The van der Waals surface area contributed by atoms with Gasteiger partial charge >= 0.3 is 5.97 Å². The number of carbonyl (C=O) groups excluding carboxylic acids is 3. The minimum Gasteiger partial charge on any atom is -0.480 e. The second-order valence-corrected chi connectivity index (χ2v) is 7.63. The second-order valence-electron chi connectivity index (χ2n) is 7.27. The summed E-state index contributed by atoms with van der Waals surface area (Å²) in [6.07, 6.45) is -2.33. The van der Waals surface area contributed by atoms with Gasteiger partial charge in [0.15, 0.2) is 0 Å². The first kappa shape index (κ1) is 27.1. The quantitative estimate of drug-likeness (QED) is 0.155. The lowest BCUT2D eigenvalue weighted by Crippen LogP contribution is -2.60. The van der Waals surface area contributed by atoms with Crippen LogP contribution in [0.2, 0.25) is 0 Å². The van der Waals surface area contributed by atoms with E-state index >= 15 is 0 Å². The number of aliphatic hydroxyl groups is 2. The van der Waals surface area contributed by atoms with Gasteiger partial charge in [-0.3, -0.25) is 14.4 Å². The number of carboxylic acids is 1. The van der Waals surface area contributed by atoms with Crippen LogP contribution in [-0.4, -0.2) is 81.1 Å². The Balaban J connectivity index is 5.20. The maximum absolute atomic E-state index is 12.4. The number of hydrogen-bond donors (Lipinski definition) is 8. The van der Waals surface area contributed by atoms with Crippen molar-refractivity contribution in [3.05, 3.63) is 0 Å². The highest BCUT2D eigenvalue weighted by Gasteiger charge is 2.32. The summed E-state index contributed by atoms with van der Waals surface area (Å²) < 4.78 is 0. The van der Waals surface area contributed by atoms with Crippen LogP contribution in [-0.2, 0) is 19.2 Å². The van der Waals surface area contributed by atoms with Crippen molar-refractivity contribution in [3.8, 4) is 0 Å². The number of hydrogen-bond acceptors (Lipinski definition) is 8. The van der Waals surface area contributed by atoms with Crippen molar-refractivity contribution in [1.29, 1.82) is 0 Å². The molecule has 0 aliphatic rings. The molecule has 0 bridgehead atoms. The van der Waals surface area contributed by atoms with Gasteiger partial charge in [-0.25, -0.2) is 4.79 Å². The predicted octanol–water partition coefficient (Wildman–Crippen LogP) is -2.41. The fraction of sp³-hybridized carbons (Fsp3) is 0.765. The van der Waals surface area contributed by atoms with Crippen molar-refractivity contribution in [2.24, 2.45) is 11.7 Å². The molecular weight excluding hydrogens is 404 g/mol. The summed E-state index contributed by atoms with van der Waals surface area (Å²) in [4.78, 5) is 48.1. The van der Waals surface area contributed by atoms with Gasteiger partial charge in [0.25, 0.3) is 0 Å². The van der Waals surface area contributed by atoms with Crippen LogP contribution in [0.4, 0.5) is 0 Å². The van der Waals surface area contributed by atoms with Crippen molar-refractivity contribution in [1.82, 2.24) is 16.0 Å². The maximum Gasteiger partial charge on any atom is 0.326 e. The van der Waals surface area contributed by atoms with Crippen LogP contribution >= 0.6 is 12.6 Å². The van der Waals surface area contributed by atoms with Gasteiger partial charge in [0.05, 0.1) is 12.2 Å². The number of thiol groups is 1. The average Bonchev–Trinajstić information content (AvgIpc) is 2.61. The van der Waals surface area contributed by atoms with E-state index in [1.54, 1.807) is 13.8 Å². The molecule has 11 nitrogen and oxygen atoms in total. The van der Waals surface area contributed by atoms with E-state index in [4.69, 9.17) is 5.73 Å². The highest BCUT2D eigenvalue weighted by Crippen LogP contribution is 2.06. The highest BCUT2D eigenvalue weighted by molar-refractivity contribution is 7.80. The third-order valence-electron chi connectivity index (χ3n) is 4.02. The highest BCUT2D eigenvalue weighted by atomic mass is 32.1. The van der Waals surface area contributed by atoms with E-state index in [9.17, 15) is 34.5 Å². The zero-order valence-electron chi connectivity index (χ0n) is 17.0. The Morgan fingerprint density at radius 1 is 0.862 bits per heavy atom. The van der Waals surface area contributed by atoms with Crippen molar-refractivity contribution in [2.75, 3.05) is 5.75 Å². The summed E-state index contributed by atoms with van der Waals surface area (Å²) in [7, 11) is 0.